The summed E-state index contributed by atoms with van der Waals surface area (Å²) in [5.41, 5.74) is 1.91. The fourth-order valence-corrected chi connectivity index (χ4v) is 3.52. The summed E-state index contributed by atoms with van der Waals surface area (Å²) in [7, 11) is 0. The standard InChI is InChI=1S/C22H24ClN3O2/c1-2-28-20-9-3-17(4-10-20)15-22(27)26-13-11-25(12-14-26)21(16-24)18-5-7-19(23)8-6-18/h3-10,21H,2,11-15H2,1H3. The van der Waals surface area contributed by atoms with Gasteiger partial charge in [0.25, 0.3) is 0 Å². The summed E-state index contributed by atoms with van der Waals surface area (Å²) >= 11 is 5.94. The molecule has 28 heavy (non-hydrogen) atoms. The number of piperazine rings is 1. The maximum Gasteiger partial charge on any atom is 0.227 e. The van der Waals surface area contributed by atoms with Crippen LogP contribution in [0.3, 0.4) is 0 Å². The van der Waals surface area contributed by atoms with E-state index < -0.39 is 0 Å². The summed E-state index contributed by atoms with van der Waals surface area (Å²) in [5, 5.41) is 10.3. The molecule has 3 rings (SSSR count). The first kappa shape index (κ1) is 20.2. The number of carbonyl (C=O) groups excluding carboxylic acids is 1. The van der Waals surface area contributed by atoms with Crippen LogP contribution in [0.1, 0.15) is 24.1 Å². The molecule has 0 N–H and O–H groups in total. The fraction of sp³-hybridized carbons (Fsp3) is 0.364. The number of hydrogen-bond donors (Lipinski definition) is 0. The van der Waals surface area contributed by atoms with Gasteiger partial charge in [-0.05, 0) is 42.3 Å². The normalized spacial score (nSPS) is 15.7. The van der Waals surface area contributed by atoms with Crippen LogP contribution >= 0.6 is 11.6 Å². The van der Waals surface area contributed by atoms with E-state index in [1.807, 2.05) is 48.2 Å². The van der Waals surface area contributed by atoms with Crippen molar-refractivity contribution in [2.75, 3.05) is 32.8 Å². The SMILES string of the molecule is CCOc1ccc(CC(=O)N2CCN(C(C#N)c3ccc(Cl)cc3)CC2)cc1. The number of benzene rings is 2. The monoisotopic (exact) mass is 397 g/mol. The Morgan fingerprint density at radius 1 is 1.11 bits per heavy atom. The van der Waals surface area contributed by atoms with E-state index in [1.54, 1.807) is 12.1 Å². The molecule has 2 aromatic carbocycles. The topological polar surface area (TPSA) is 56.6 Å². The predicted molar refractivity (Wildman–Crippen MR) is 109 cm³/mol. The van der Waals surface area contributed by atoms with Crippen molar-refractivity contribution in [2.45, 2.75) is 19.4 Å². The molecule has 1 amide bonds. The lowest BCUT2D eigenvalue weighted by atomic mass is 10.1. The zero-order valence-electron chi connectivity index (χ0n) is 16.0. The third-order valence-corrected chi connectivity index (χ3v) is 5.18. The molecule has 0 aliphatic carbocycles. The highest BCUT2D eigenvalue weighted by atomic mass is 35.5. The van der Waals surface area contributed by atoms with E-state index in [2.05, 4.69) is 11.0 Å². The summed E-state index contributed by atoms with van der Waals surface area (Å²) in [5.74, 6) is 0.931. The van der Waals surface area contributed by atoms with Gasteiger partial charge in [0.15, 0.2) is 0 Å². The van der Waals surface area contributed by atoms with Gasteiger partial charge in [-0.3, -0.25) is 9.69 Å². The maximum absolute atomic E-state index is 12.6. The second-order valence-corrected chi connectivity index (χ2v) is 7.19. The Kier molecular flexibility index (Phi) is 6.91. The highest BCUT2D eigenvalue weighted by Gasteiger charge is 2.27. The van der Waals surface area contributed by atoms with Gasteiger partial charge in [0.1, 0.15) is 11.8 Å². The van der Waals surface area contributed by atoms with Crippen LogP contribution in [-0.4, -0.2) is 48.5 Å². The van der Waals surface area contributed by atoms with Crippen LogP contribution in [0.25, 0.3) is 0 Å². The summed E-state index contributed by atoms with van der Waals surface area (Å²) in [6.07, 6.45) is 0.380. The Hall–Kier alpha value is -2.55. The molecule has 1 atom stereocenters. The first-order valence-electron chi connectivity index (χ1n) is 9.49. The van der Waals surface area contributed by atoms with Gasteiger partial charge in [0.2, 0.25) is 5.91 Å². The average Bonchev–Trinajstić information content (AvgIpc) is 2.72. The van der Waals surface area contributed by atoms with Crippen molar-refractivity contribution in [1.29, 1.82) is 5.26 Å². The number of halogens is 1. The molecule has 6 heteroatoms. The molecule has 1 fully saturated rings. The molecule has 1 aliphatic rings. The molecule has 1 saturated heterocycles. The van der Waals surface area contributed by atoms with Crippen molar-refractivity contribution in [3.8, 4) is 11.8 Å². The van der Waals surface area contributed by atoms with Crippen LogP contribution in [0.15, 0.2) is 48.5 Å². The summed E-state index contributed by atoms with van der Waals surface area (Å²) < 4.78 is 5.44. The maximum atomic E-state index is 12.6. The van der Waals surface area contributed by atoms with Crippen LogP contribution < -0.4 is 4.74 Å². The van der Waals surface area contributed by atoms with Gasteiger partial charge in [-0.2, -0.15) is 5.26 Å². The molecule has 2 aromatic rings. The number of rotatable bonds is 6. The molecule has 5 nitrogen and oxygen atoms in total. The Labute approximate surface area is 171 Å². The van der Waals surface area contributed by atoms with E-state index >= 15 is 0 Å². The van der Waals surface area contributed by atoms with Gasteiger partial charge in [-0.1, -0.05) is 35.9 Å². The zero-order chi connectivity index (χ0) is 19.9. The van der Waals surface area contributed by atoms with Crippen molar-refractivity contribution < 1.29 is 9.53 Å². The van der Waals surface area contributed by atoms with E-state index in [1.165, 1.54) is 0 Å². The molecule has 1 unspecified atom stereocenters. The lowest BCUT2D eigenvalue weighted by Crippen LogP contribution is -2.49. The molecule has 0 saturated carbocycles. The molecule has 1 heterocycles. The summed E-state index contributed by atoms with van der Waals surface area (Å²) in [6.45, 7) is 5.18. The molecule has 0 radical (unpaired) electrons. The number of amides is 1. The molecule has 146 valence electrons. The van der Waals surface area contributed by atoms with Crippen molar-refractivity contribution in [3.05, 3.63) is 64.7 Å². The van der Waals surface area contributed by atoms with Crippen LogP contribution in [0, 0.1) is 11.3 Å². The van der Waals surface area contributed by atoms with Crippen LogP contribution in [-0.2, 0) is 11.2 Å². The van der Waals surface area contributed by atoms with Gasteiger partial charge >= 0.3 is 0 Å². The van der Waals surface area contributed by atoms with Gasteiger partial charge in [0, 0.05) is 31.2 Å². The van der Waals surface area contributed by atoms with Crippen molar-refractivity contribution >= 4 is 17.5 Å². The molecule has 1 aliphatic heterocycles. The first-order chi connectivity index (χ1) is 13.6. The number of hydrogen-bond acceptors (Lipinski definition) is 4. The third-order valence-electron chi connectivity index (χ3n) is 4.93. The van der Waals surface area contributed by atoms with Crippen LogP contribution in [0.2, 0.25) is 5.02 Å². The van der Waals surface area contributed by atoms with Crippen LogP contribution in [0.4, 0.5) is 0 Å². The minimum absolute atomic E-state index is 0.115. The largest absolute Gasteiger partial charge is 0.494 e. The van der Waals surface area contributed by atoms with Gasteiger partial charge in [-0.15, -0.1) is 0 Å². The van der Waals surface area contributed by atoms with Crippen molar-refractivity contribution in [1.82, 2.24) is 9.80 Å². The number of carbonyl (C=O) groups is 1. The second-order valence-electron chi connectivity index (χ2n) is 6.75. The van der Waals surface area contributed by atoms with Crippen molar-refractivity contribution in [3.63, 3.8) is 0 Å². The van der Waals surface area contributed by atoms with E-state index in [-0.39, 0.29) is 11.9 Å². The smallest absolute Gasteiger partial charge is 0.227 e. The molecule has 0 bridgehead atoms. The third kappa shape index (κ3) is 5.03. The Morgan fingerprint density at radius 2 is 1.75 bits per heavy atom. The highest BCUT2D eigenvalue weighted by Crippen LogP contribution is 2.23. The van der Waals surface area contributed by atoms with Gasteiger partial charge < -0.3 is 9.64 Å². The second kappa shape index (κ2) is 9.59. The summed E-state index contributed by atoms with van der Waals surface area (Å²) in [4.78, 5) is 16.6. The Bertz CT molecular complexity index is 822. The Balaban J connectivity index is 1.54. The van der Waals surface area contributed by atoms with Gasteiger partial charge in [0.05, 0.1) is 19.1 Å². The number of ether oxygens (including phenoxy) is 1. The van der Waals surface area contributed by atoms with Gasteiger partial charge in [-0.25, -0.2) is 0 Å². The van der Waals surface area contributed by atoms with E-state index in [0.29, 0.717) is 44.2 Å². The number of nitrogens with zero attached hydrogens (tertiary/aromatic N) is 3. The summed E-state index contributed by atoms with van der Waals surface area (Å²) in [6, 6.07) is 17.1. The van der Waals surface area contributed by atoms with Crippen LogP contribution in [0.5, 0.6) is 5.75 Å². The predicted octanol–water partition coefficient (Wildman–Crippen LogP) is 3.69. The molecular weight excluding hydrogens is 374 g/mol. The van der Waals surface area contributed by atoms with E-state index in [0.717, 1.165) is 16.9 Å². The molecule has 0 aromatic heterocycles. The lowest BCUT2D eigenvalue weighted by molar-refractivity contribution is -0.132. The van der Waals surface area contributed by atoms with Crippen molar-refractivity contribution in [2.24, 2.45) is 0 Å². The van der Waals surface area contributed by atoms with E-state index in [9.17, 15) is 10.1 Å². The lowest BCUT2D eigenvalue weighted by Gasteiger charge is -2.37. The fourth-order valence-electron chi connectivity index (χ4n) is 3.40. The quantitative estimate of drug-likeness (QED) is 0.745. The zero-order valence-corrected chi connectivity index (χ0v) is 16.7. The average molecular weight is 398 g/mol. The Morgan fingerprint density at radius 3 is 2.32 bits per heavy atom. The first-order valence-corrected chi connectivity index (χ1v) is 9.87. The minimum Gasteiger partial charge on any atom is -0.494 e. The highest BCUT2D eigenvalue weighted by molar-refractivity contribution is 6.30. The number of nitriles is 1. The van der Waals surface area contributed by atoms with E-state index in [4.69, 9.17) is 16.3 Å². The minimum atomic E-state index is -0.319. The molecule has 0 spiro atoms. The molecular formula is C22H24ClN3O2.